The molecule has 178 valence electrons. The molecule has 2 N–H and O–H groups in total. The Bertz CT molecular complexity index is 885. The van der Waals surface area contributed by atoms with Crippen molar-refractivity contribution in [2.75, 3.05) is 6.54 Å². The lowest BCUT2D eigenvalue weighted by atomic mass is 9.95. The zero-order valence-electron chi connectivity index (χ0n) is 20.4. The Labute approximate surface area is 195 Å². The van der Waals surface area contributed by atoms with Crippen LogP contribution in [0.1, 0.15) is 70.6 Å². The molecule has 1 atom stereocenters. The second-order valence-electron chi connectivity index (χ2n) is 8.16. The van der Waals surface area contributed by atoms with Gasteiger partial charge in [0.25, 0.3) is 0 Å². The van der Waals surface area contributed by atoms with Crippen molar-refractivity contribution in [2.45, 2.75) is 78.1 Å². The normalized spacial score (nSPS) is 12.5. The average Bonchev–Trinajstić information content (AvgIpc) is 2.78. The minimum Gasteiger partial charge on any atom is -0.384 e. The molecule has 6 heteroatoms. The third-order valence-electron chi connectivity index (χ3n) is 4.80. The first-order chi connectivity index (χ1) is 15.0. The van der Waals surface area contributed by atoms with Crippen LogP contribution < -0.4 is 4.72 Å². The first-order valence-corrected chi connectivity index (χ1v) is 12.7. The Balaban J connectivity index is 0.000000562. The molecule has 0 aliphatic carbocycles. The second kappa shape index (κ2) is 15.6. The SMILES string of the molecule is CCCCC#N.CCc1ccccc1.Cc1ccc(C(C)(O)CNS(=O)(=O)C(C)C)cc1. The maximum Gasteiger partial charge on any atom is 0.214 e. The van der Waals surface area contributed by atoms with E-state index in [1.54, 1.807) is 32.9 Å². The molecule has 5 nitrogen and oxygen atoms in total. The first-order valence-electron chi connectivity index (χ1n) is 11.2. The number of nitrogens with one attached hydrogen (secondary N) is 1. The maximum absolute atomic E-state index is 11.6. The molecular formula is C26H40N2O3S. The van der Waals surface area contributed by atoms with Crippen LogP contribution in [0.3, 0.4) is 0 Å². The third-order valence-corrected chi connectivity index (χ3v) is 6.59. The summed E-state index contributed by atoms with van der Waals surface area (Å²) >= 11 is 0. The first kappa shape index (κ1) is 29.8. The number of aryl methyl sites for hydroxylation is 2. The summed E-state index contributed by atoms with van der Waals surface area (Å²) < 4.78 is 25.7. The fraction of sp³-hybridized carbons (Fsp3) is 0.500. The summed E-state index contributed by atoms with van der Waals surface area (Å²) in [4.78, 5) is 0. The number of hydrogen-bond acceptors (Lipinski definition) is 4. The Morgan fingerprint density at radius 2 is 1.62 bits per heavy atom. The lowest BCUT2D eigenvalue weighted by Crippen LogP contribution is -2.41. The standard InChI is InChI=1S/C13H21NO3S.C8H10.C5H9N/c1-10(2)18(16,17)14-9-13(4,15)12-7-5-11(3)6-8-12;1-2-8-6-4-3-5-7-8;1-2-3-4-5-6/h5-8,10,14-15H,9H2,1-4H3;3-7H,2H2,1H3;2-4H2,1H3. The largest absolute Gasteiger partial charge is 0.384 e. The Hall–Kier alpha value is -2.20. The van der Waals surface area contributed by atoms with Crippen LogP contribution >= 0.6 is 0 Å². The van der Waals surface area contributed by atoms with Crippen LogP contribution in [0.4, 0.5) is 0 Å². The zero-order chi connectivity index (χ0) is 24.6. The minimum atomic E-state index is -3.36. The molecule has 1 unspecified atom stereocenters. The predicted molar refractivity (Wildman–Crippen MR) is 134 cm³/mol. The monoisotopic (exact) mass is 460 g/mol. The highest BCUT2D eigenvalue weighted by Gasteiger charge is 2.26. The van der Waals surface area contributed by atoms with Crippen molar-refractivity contribution in [1.82, 2.24) is 4.72 Å². The Morgan fingerprint density at radius 1 is 1.06 bits per heavy atom. The molecule has 0 aromatic heterocycles. The Kier molecular flexibility index (Phi) is 14.5. The van der Waals surface area contributed by atoms with Crippen molar-refractivity contribution >= 4 is 10.0 Å². The molecule has 0 saturated heterocycles. The van der Waals surface area contributed by atoms with Crippen LogP contribution in [0.25, 0.3) is 0 Å². The molecule has 2 aromatic rings. The summed E-state index contributed by atoms with van der Waals surface area (Å²) in [5, 5.41) is 17.7. The lowest BCUT2D eigenvalue weighted by Gasteiger charge is -2.25. The number of benzene rings is 2. The van der Waals surface area contributed by atoms with Gasteiger partial charge in [0.2, 0.25) is 10.0 Å². The number of rotatable bonds is 8. The van der Waals surface area contributed by atoms with Crippen molar-refractivity contribution in [3.05, 3.63) is 71.3 Å². The van der Waals surface area contributed by atoms with Crippen LogP contribution in [-0.4, -0.2) is 25.3 Å². The molecule has 0 aliphatic heterocycles. The highest BCUT2D eigenvalue weighted by atomic mass is 32.2. The van der Waals surface area contributed by atoms with E-state index >= 15 is 0 Å². The van der Waals surface area contributed by atoms with Gasteiger partial charge in [-0.3, -0.25) is 0 Å². The molecule has 0 amide bonds. The van der Waals surface area contributed by atoms with E-state index in [4.69, 9.17) is 5.26 Å². The summed E-state index contributed by atoms with van der Waals surface area (Å²) in [6, 6.07) is 19.9. The van der Waals surface area contributed by atoms with Gasteiger partial charge in [-0.15, -0.1) is 0 Å². The van der Waals surface area contributed by atoms with Crippen LogP contribution in [0, 0.1) is 18.3 Å². The van der Waals surface area contributed by atoms with Crippen LogP contribution in [-0.2, 0) is 22.0 Å². The smallest absolute Gasteiger partial charge is 0.214 e. The van der Waals surface area contributed by atoms with E-state index < -0.39 is 20.9 Å². The summed E-state index contributed by atoms with van der Waals surface area (Å²) in [6.07, 6.45) is 4.04. The molecule has 0 bridgehead atoms. The van der Waals surface area contributed by atoms with Crippen molar-refractivity contribution < 1.29 is 13.5 Å². The fourth-order valence-corrected chi connectivity index (χ4v) is 3.21. The number of nitriles is 1. The predicted octanol–water partition coefficient (Wildman–Crippen LogP) is 5.48. The summed E-state index contributed by atoms with van der Waals surface area (Å²) in [7, 11) is -3.36. The highest BCUT2D eigenvalue weighted by Crippen LogP contribution is 2.20. The van der Waals surface area contributed by atoms with E-state index in [1.165, 1.54) is 5.56 Å². The van der Waals surface area contributed by atoms with E-state index in [1.807, 2.05) is 25.1 Å². The van der Waals surface area contributed by atoms with Gasteiger partial charge in [0.15, 0.2) is 0 Å². The van der Waals surface area contributed by atoms with Gasteiger partial charge in [0, 0.05) is 13.0 Å². The topological polar surface area (TPSA) is 90.2 Å². The number of nitrogens with zero attached hydrogens (tertiary/aromatic N) is 1. The van der Waals surface area contributed by atoms with Gasteiger partial charge in [-0.1, -0.05) is 80.4 Å². The number of hydrogen-bond donors (Lipinski definition) is 2. The third kappa shape index (κ3) is 12.6. The van der Waals surface area contributed by atoms with Crippen molar-refractivity contribution in [2.24, 2.45) is 0 Å². The van der Waals surface area contributed by atoms with Gasteiger partial charge in [-0.25, -0.2) is 13.1 Å². The van der Waals surface area contributed by atoms with Gasteiger partial charge in [0.1, 0.15) is 5.60 Å². The average molecular weight is 461 g/mol. The van der Waals surface area contributed by atoms with Crippen LogP contribution in [0.2, 0.25) is 0 Å². The maximum atomic E-state index is 11.6. The van der Waals surface area contributed by atoms with Crippen LogP contribution in [0.5, 0.6) is 0 Å². The van der Waals surface area contributed by atoms with E-state index in [0.717, 1.165) is 31.2 Å². The van der Waals surface area contributed by atoms with E-state index in [2.05, 4.69) is 48.9 Å². The van der Waals surface area contributed by atoms with Crippen molar-refractivity contribution in [3.63, 3.8) is 0 Å². The molecule has 2 aromatic carbocycles. The molecule has 2 rings (SSSR count). The number of unbranched alkanes of at least 4 members (excludes halogenated alkanes) is 2. The van der Waals surface area contributed by atoms with Gasteiger partial charge in [0.05, 0.1) is 11.3 Å². The minimum absolute atomic E-state index is 0.0312. The van der Waals surface area contributed by atoms with Crippen LogP contribution in [0.15, 0.2) is 54.6 Å². The summed E-state index contributed by atoms with van der Waals surface area (Å²) in [6.45, 7) is 11.0. The van der Waals surface area contributed by atoms with E-state index in [-0.39, 0.29) is 6.54 Å². The van der Waals surface area contributed by atoms with Gasteiger partial charge in [-0.05, 0) is 51.7 Å². The highest BCUT2D eigenvalue weighted by molar-refractivity contribution is 7.90. The molecule has 0 aliphatic rings. The van der Waals surface area contributed by atoms with E-state index in [0.29, 0.717) is 5.56 Å². The molecule has 0 fully saturated rings. The number of aliphatic hydroxyl groups is 1. The van der Waals surface area contributed by atoms with Gasteiger partial charge in [-0.2, -0.15) is 5.26 Å². The molecule has 0 radical (unpaired) electrons. The fourth-order valence-electron chi connectivity index (χ4n) is 2.39. The molecular weight excluding hydrogens is 420 g/mol. The van der Waals surface area contributed by atoms with E-state index in [9.17, 15) is 13.5 Å². The quantitative estimate of drug-likeness (QED) is 0.510. The summed E-state index contributed by atoms with van der Waals surface area (Å²) in [5.74, 6) is 0. The summed E-state index contributed by atoms with van der Waals surface area (Å²) in [5.41, 5.74) is 1.99. The van der Waals surface area contributed by atoms with Crippen molar-refractivity contribution in [1.29, 1.82) is 5.26 Å². The van der Waals surface area contributed by atoms with Crippen molar-refractivity contribution in [3.8, 4) is 6.07 Å². The molecule has 0 saturated carbocycles. The molecule has 0 heterocycles. The second-order valence-corrected chi connectivity index (χ2v) is 10.5. The molecule has 0 spiro atoms. The van der Waals surface area contributed by atoms with Gasteiger partial charge < -0.3 is 5.11 Å². The number of sulfonamides is 1. The lowest BCUT2D eigenvalue weighted by molar-refractivity contribution is 0.0627. The Morgan fingerprint density at radius 3 is 2.00 bits per heavy atom. The zero-order valence-corrected chi connectivity index (χ0v) is 21.2. The molecule has 32 heavy (non-hydrogen) atoms. The van der Waals surface area contributed by atoms with Gasteiger partial charge >= 0.3 is 0 Å².